The summed E-state index contributed by atoms with van der Waals surface area (Å²) >= 11 is 0. The maximum absolute atomic E-state index is 12.8. The van der Waals surface area contributed by atoms with Crippen LogP contribution in [0.4, 0.5) is 18.0 Å². The molecule has 3 N–H and O–H groups in total. The highest BCUT2D eigenvalue weighted by atomic mass is 19.4. The molecule has 27 heavy (non-hydrogen) atoms. The number of rotatable bonds is 3. The van der Waals surface area contributed by atoms with Crippen LogP contribution in [0.3, 0.4) is 0 Å². The number of imidazole rings is 1. The molecule has 0 bridgehead atoms. The van der Waals surface area contributed by atoms with Gasteiger partial charge in [-0.3, -0.25) is 4.79 Å². The Bertz CT molecular complexity index is 877. The van der Waals surface area contributed by atoms with E-state index in [0.29, 0.717) is 30.7 Å². The van der Waals surface area contributed by atoms with Crippen LogP contribution in [0, 0.1) is 5.92 Å². The van der Waals surface area contributed by atoms with Crippen LogP contribution >= 0.6 is 0 Å². The number of carbonyl (C=O) groups is 2. The molecule has 0 aliphatic carbocycles. The first-order valence-corrected chi connectivity index (χ1v) is 8.51. The number of hydrogen-bond acceptors (Lipinski definition) is 3. The molecule has 0 spiro atoms. The second-order valence-electron chi connectivity index (χ2n) is 6.63. The maximum atomic E-state index is 12.8. The Kier molecular flexibility index (Phi) is 4.99. The number of piperidine rings is 1. The predicted octanol–water partition coefficient (Wildman–Crippen LogP) is 2.00. The summed E-state index contributed by atoms with van der Waals surface area (Å²) in [4.78, 5) is 29.3. The molecule has 3 amide bonds. The van der Waals surface area contributed by atoms with Crippen LogP contribution in [0.15, 0.2) is 18.2 Å². The van der Waals surface area contributed by atoms with Crippen LogP contribution in [-0.2, 0) is 24.6 Å². The molecule has 0 saturated carbocycles. The van der Waals surface area contributed by atoms with E-state index in [-0.39, 0.29) is 30.4 Å². The summed E-state index contributed by atoms with van der Waals surface area (Å²) < 4.78 is 40.2. The van der Waals surface area contributed by atoms with E-state index in [2.05, 4.69) is 10.3 Å². The second-order valence-corrected chi connectivity index (χ2v) is 6.63. The summed E-state index contributed by atoms with van der Waals surface area (Å²) in [6, 6.07) is 2.81. The minimum atomic E-state index is -4.44. The van der Waals surface area contributed by atoms with Crippen molar-refractivity contribution in [2.45, 2.75) is 25.6 Å². The van der Waals surface area contributed by atoms with E-state index in [1.807, 2.05) is 0 Å². The molecule has 1 aliphatic rings. The predicted molar refractivity (Wildman–Crippen MR) is 91.4 cm³/mol. The van der Waals surface area contributed by atoms with Gasteiger partial charge in [-0.2, -0.15) is 13.2 Å². The molecule has 2 aromatic rings. The Labute approximate surface area is 153 Å². The SMILES string of the molecule is Cn1c(CNC(=O)[C@@H]2CCCN(C(N)=O)C2)nc2cc(C(F)(F)F)ccc21. The summed E-state index contributed by atoms with van der Waals surface area (Å²) in [7, 11) is 1.68. The monoisotopic (exact) mass is 383 g/mol. The van der Waals surface area contributed by atoms with Gasteiger partial charge in [-0.15, -0.1) is 0 Å². The number of nitrogens with zero attached hydrogens (tertiary/aromatic N) is 3. The number of amides is 3. The Morgan fingerprint density at radius 3 is 2.78 bits per heavy atom. The number of aryl methyl sites for hydroxylation is 1. The van der Waals surface area contributed by atoms with Crippen LogP contribution < -0.4 is 11.1 Å². The van der Waals surface area contributed by atoms with Gasteiger partial charge in [-0.25, -0.2) is 9.78 Å². The Morgan fingerprint density at radius 2 is 2.11 bits per heavy atom. The van der Waals surface area contributed by atoms with Gasteiger partial charge in [0.2, 0.25) is 5.91 Å². The number of likely N-dealkylation sites (tertiary alicyclic amines) is 1. The van der Waals surface area contributed by atoms with Crippen molar-refractivity contribution in [1.29, 1.82) is 0 Å². The fourth-order valence-corrected chi connectivity index (χ4v) is 3.29. The first-order valence-electron chi connectivity index (χ1n) is 8.51. The largest absolute Gasteiger partial charge is 0.416 e. The van der Waals surface area contributed by atoms with Gasteiger partial charge in [0.1, 0.15) is 5.82 Å². The van der Waals surface area contributed by atoms with Gasteiger partial charge in [0.05, 0.1) is 29.1 Å². The van der Waals surface area contributed by atoms with Gasteiger partial charge < -0.3 is 20.5 Å². The molecule has 1 aliphatic heterocycles. The van der Waals surface area contributed by atoms with Crippen LogP contribution in [0.1, 0.15) is 24.2 Å². The maximum Gasteiger partial charge on any atom is 0.416 e. The minimum absolute atomic E-state index is 0.0818. The smallest absolute Gasteiger partial charge is 0.351 e. The van der Waals surface area contributed by atoms with E-state index in [0.717, 1.165) is 12.1 Å². The third-order valence-corrected chi connectivity index (χ3v) is 4.83. The molecule has 1 saturated heterocycles. The van der Waals surface area contributed by atoms with Crippen molar-refractivity contribution in [2.75, 3.05) is 13.1 Å². The van der Waals surface area contributed by atoms with Gasteiger partial charge in [0.15, 0.2) is 0 Å². The number of carbonyl (C=O) groups excluding carboxylic acids is 2. The van der Waals surface area contributed by atoms with E-state index >= 15 is 0 Å². The van der Waals surface area contributed by atoms with Crippen LogP contribution in [-0.4, -0.2) is 39.5 Å². The van der Waals surface area contributed by atoms with Crippen LogP contribution in [0.2, 0.25) is 0 Å². The van der Waals surface area contributed by atoms with Crippen molar-refractivity contribution in [1.82, 2.24) is 19.8 Å². The van der Waals surface area contributed by atoms with Gasteiger partial charge in [-0.1, -0.05) is 0 Å². The summed E-state index contributed by atoms with van der Waals surface area (Å²) in [5.74, 6) is -0.151. The fourth-order valence-electron chi connectivity index (χ4n) is 3.29. The zero-order chi connectivity index (χ0) is 19.8. The molecule has 3 rings (SSSR count). The van der Waals surface area contributed by atoms with Crippen molar-refractivity contribution >= 4 is 23.0 Å². The first kappa shape index (κ1) is 19.0. The van der Waals surface area contributed by atoms with Crippen molar-refractivity contribution in [3.8, 4) is 0 Å². The van der Waals surface area contributed by atoms with E-state index in [1.54, 1.807) is 11.6 Å². The molecule has 10 heteroatoms. The Morgan fingerprint density at radius 1 is 1.37 bits per heavy atom. The fraction of sp³-hybridized carbons (Fsp3) is 0.471. The topological polar surface area (TPSA) is 93.3 Å². The van der Waals surface area contributed by atoms with Crippen LogP contribution in [0.5, 0.6) is 0 Å². The standard InChI is InChI=1S/C17H20F3N5O2/c1-24-13-5-4-11(17(18,19)20)7-12(13)23-14(24)8-22-15(26)10-3-2-6-25(9-10)16(21)27/h4-5,7,10H,2-3,6,8-9H2,1H3,(H2,21,27)(H,22,26)/t10-/m1/s1. The lowest BCUT2D eigenvalue weighted by molar-refractivity contribution is -0.137. The molecule has 0 unspecified atom stereocenters. The van der Waals surface area contributed by atoms with Gasteiger partial charge in [-0.05, 0) is 31.0 Å². The number of aromatic nitrogens is 2. The van der Waals surface area contributed by atoms with Crippen molar-refractivity contribution in [2.24, 2.45) is 18.7 Å². The molecule has 1 atom stereocenters. The van der Waals surface area contributed by atoms with E-state index < -0.39 is 17.8 Å². The summed E-state index contributed by atoms with van der Waals surface area (Å²) in [5, 5.41) is 2.75. The molecule has 1 aromatic heterocycles. The molecule has 1 aromatic carbocycles. The van der Waals surface area contributed by atoms with Crippen molar-refractivity contribution in [3.05, 3.63) is 29.6 Å². The van der Waals surface area contributed by atoms with Gasteiger partial charge in [0.25, 0.3) is 0 Å². The molecule has 0 radical (unpaired) electrons. The molecule has 146 valence electrons. The molecular formula is C17H20F3N5O2. The average molecular weight is 383 g/mol. The zero-order valence-corrected chi connectivity index (χ0v) is 14.7. The molecule has 1 fully saturated rings. The molecule has 2 heterocycles. The summed E-state index contributed by atoms with van der Waals surface area (Å²) in [5.41, 5.74) is 5.26. The number of primary amides is 1. The lowest BCUT2D eigenvalue weighted by atomic mass is 9.97. The van der Waals surface area contributed by atoms with Gasteiger partial charge in [0, 0.05) is 20.1 Å². The lowest BCUT2D eigenvalue weighted by Gasteiger charge is -2.30. The van der Waals surface area contributed by atoms with E-state index in [1.165, 1.54) is 11.0 Å². The normalized spacial score (nSPS) is 17.9. The molecular weight excluding hydrogens is 363 g/mol. The van der Waals surface area contributed by atoms with Crippen LogP contribution in [0.25, 0.3) is 11.0 Å². The number of nitrogens with two attached hydrogens (primary N) is 1. The number of benzene rings is 1. The van der Waals surface area contributed by atoms with Crippen molar-refractivity contribution < 1.29 is 22.8 Å². The third kappa shape index (κ3) is 3.99. The number of alkyl halides is 3. The zero-order valence-electron chi connectivity index (χ0n) is 14.7. The highest BCUT2D eigenvalue weighted by molar-refractivity contribution is 5.81. The number of hydrogen-bond donors (Lipinski definition) is 2. The minimum Gasteiger partial charge on any atom is -0.351 e. The number of nitrogens with one attached hydrogen (secondary N) is 1. The quantitative estimate of drug-likeness (QED) is 0.849. The summed E-state index contributed by atoms with van der Waals surface area (Å²) in [6.45, 7) is 0.877. The number of halogens is 3. The van der Waals surface area contributed by atoms with E-state index in [4.69, 9.17) is 5.73 Å². The number of urea groups is 1. The lowest BCUT2D eigenvalue weighted by Crippen LogP contribution is -2.47. The third-order valence-electron chi connectivity index (χ3n) is 4.83. The van der Waals surface area contributed by atoms with Crippen molar-refractivity contribution in [3.63, 3.8) is 0 Å². The first-order chi connectivity index (χ1) is 12.7. The summed E-state index contributed by atoms with van der Waals surface area (Å²) in [6.07, 6.45) is -3.10. The van der Waals surface area contributed by atoms with Gasteiger partial charge >= 0.3 is 12.2 Å². The number of fused-ring (bicyclic) bond motifs is 1. The average Bonchev–Trinajstić information content (AvgIpc) is 2.94. The highest BCUT2D eigenvalue weighted by Crippen LogP contribution is 2.31. The highest BCUT2D eigenvalue weighted by Gasteiger charge is 2.31. The van der Waals surface area contributed by atoms with E-state index in [9.17, 15) is 22.8 Å². The second kappa shape index (κ2) is 7.09. The Balaban J connectivity index is 1.70. The Hall–Kier alpha value is -2.78. The molecule has 7 nitrogen and oxygen atoms in total.